The molecule has 232 valence electrons. The summed E-state index contributed by atoms with van der Waals surface area (Å²) >= 11 is 0. The van der Waals surface area contributed by atoms with E-state index in [0.717, 1.165) is 71.5 Å². The molecule has 6 nitrogen and oxygen atoms in total. The first-order chi connectivity index (χ1) is 24.7. The van der Waals surface area contributed by atoms with Gasteiger partial charge in [-0.2, -0.15) is 5.26 Å². The molecule has 0 saturated heterocycles. The van der Waals surface area contributed by atoms with Crippen molar-refractivity contribution in [1.82, 2.24) is 24.9 Å². The van der Waals surface area contributed by atoms with Crippen molar-refractivity contribution in [1.29, 1.82) is 5.26 Å². The van der Waals surface area contributed by atoms with Crippen molar-refractivity contribution in [3.63, 3.8) is 0 Å². The van der Waals surface area contributed by atoms with Crippen molar-refractivity contribution < 1.29 is 0 Å². The highest BCUT2D eigenvalue weighted by Crippen LogP contribution is 2.37. The van der Waals surface area contributed by atoms with Gasteiger partial charge in [0.25, 0.3) is 0 Å². The Morgan fingerprint density at radius 2 is 0.860 bits per heavy atom. The lowest BCUT2D eigenvalue weighted by molar-refractivity contribution is 1.07. The molecule has 3 aromatic heterocycles. The maximum atomic E-state index is 9.29. The smallest absolute Gasteiger partial charge is 0.164 e. The molecule has 0 aliphatic heterocycles. The number of fused-ring (bicyclic) bond motifs is 4. The minimum Gasteiger partial charge on any atom is -0.253 e. The van der Waals surface area contributed by atoms with Crippen LogP contribution in [-0.4, -0.2) is 24.9 Å². The summed E-state index contributed by atoms with van der Waals surface area (Å²) in [5.74, 6) is 1.91. The van der Waals surface area contributed by atoms with E-state index in [1.54, 1.807) is 6.20 Å². The van der Waals surface area contributed by atoms with Gasteiger partial charge in [0.05, 0.1) is 16.6 Å². The number of rotatable bonds is 5. The van der Waals surface area contributed by atoms with Crippen LogP contribution in [0.15, 0.2) is 158 Å². The Labute approximate surface area is 288 Å². The third-order valence-corrected chi connectivity index (χ3v) is 9.02. The minimum atomic E-state index is 0.537. The van der Waals surface area contributed by atoms with Crippen LogP contribution in [0.25, 0.3) is 89.0 Å². The number of nitrogens with zero attached hydrogens (tertiary/aromatic N) is 6. The fourth-order valence-electron chi connectivity index (χ4n) is 6.54. The van der Waals surface area contributed by atoms with Crippen LogP contribution >= 0.6 is 0 Å². The predicted molar refractivity (Wildman–Crippen MR) is 200 cm³/mol. The predicted octanol–water partition coefficient (Wildman–Crippen LogP) is 10.3. The lowest BCUT2D eigenvalue weighted by Crippen LogP contribution is -2.00. The van der Waals surface area contributed by atoms with Crippen LogP contribution in [0, 0.1) is 11.3 Å². The van der Waals surface area contributed by atoms with Gasteiger partial charge >= 0.3 is 0 Å². The van der Waals surface area contributed by atoms with E-state index in [2.05, 4.69) is 77.8 Å². The molecule has 9 rings (SSSR count). The first-order valence-electron chi connectivity index (χ1n) is 16.3. The van der Waals surface area contributed by atoms with E-state index < -0.39 is 0 Å². The lowest BCUT2D eigenvalue weighted by Gasteiger charge is -2.13. The standard InChI is InChI=1S/C44H26N6/c45-25-28-23-33-19-20-34-24-35(27-47-41(34)40(33)46-26-28)37-22-21-36(38-13-7-8-14-39(37)38)29-15-17-32(18-16-29)44-49-42(30-9-3-1-4-10-30)48-43(50-44)31-11-5-2-6-12-31/h1-24,26-27H. The zero-order valence-corrected chi connectivity index (χ0v) is 26.7. The lowest BCUT2D eigenvalue weighted by atomic mass is 9.92. The van der Waals surface area contributed by atoms with Gasteiger partial charge in [0.2, 0.25) is 0 Å². The molecule has 0 saturated carbocycles. The molecule has 0 N–H and O–H groups in total. The second-order valence-corrected chi connectivity index (χ2v) is 12.1. The Bertz CT molecular complexity index is 2700. The van der Waals surface area contributed by atoms with Gasteiger partial charge in [-0.15, -0.1) is 0 Å². The van der Waals surface area contributed by atoms with E-state index in [4.69, 9.17) is 19.9 Å². The summed E-state index contributed by atoms with van der Waals surface area (Å²) in [6.45, 7) is 0. The normalized spacial score (nSPS) is 11.2. The fourth-order valence-corrected chi connectivity index (χ4v) is 6.54. The SMILES string of the molecule is N#Cc1cnc2c(ccc3cc(-c4ccc(-c5ccc(-c6nc(-c7ccccc7)nc(-c7ccccc7)n6)cc5)c5ccccc45)cnc32)c1. The number of hydrogen-bond donors (Lipinski definition) is 0. The molecule has 0 bridgehead atoms. The molecule has 0 spiro atoms. The quantitative estimate of drug-likeness (QED) is 0.174. The molecule has 0 aliphatic rings. The topological polar surface area (TPSA) is 88.2 Å². The Morgan fingerprint density at radius 1 is 0.400 bits per heavy atom. The van der Waals surface area contributed by atoms with Crippen LogP contribution in [0.2, 0.25) is 0 Å². The second-order valence-electron chi connectivity index (χ2n) is 12.1. The maximum absolute atomic E-state index is 9.29. The van der Waals surface area contributed by atoms with Crippen molar-refractivity contribution in [2.45, 2.75) is 0 Å². The van der Waals surface area contributed by atoms with E-state index in [1.165, 1.54) is 0 Å². The number of aromatic nitrogens is 5. The van der Waals surface area contributed by atoms with E-state index in [-0.39, 0.29) is 0 Å². The molecular formula is C44H26N6. The van der Waals surface area contributed by atoms with Crippen molar-refractivity contribution in [2.24, 2.45) is 0 Å². The highest BCUT2D eigenvalue weighted by molar-refractivity contribution is 6.08. The number of hydrogen-bond acceptors (Lipinski definition) is 6. The summed E-state index contributed by atoms with van der Waals surface area (Å²) in [5, 5.41) is 13.5. The van der Waals surface area contributed by atoms with E-state index >= 15 is 0 Å². The molecule has 3 heterocycles. The van der Waals surface area contributed by atoms with E-state index in [1.807, 2.05) is 85.1 Å². The highest BCUT2D eigenvalue weighted by atomic mass is 15.0. The summed E-state index contributed by atoms with van der Waals surface area (Å²) in [5.41, 5.74) is 9.33. The van der Waals surface area contributed by atoms with Gasteiger partial charge in [0.1, 0.15) is 6.07 Å². The van der Waals surface area contributed by atoms with Crippen molar-refractivity contribution in [2.75, 3.05) is 0 Å². The average molecular weight is 639 g/mol. The van der Waals surface area contributed by atoms with E-state index in [0.29, 0.717) is 23.0 Å². The van der Waals surface area contributed by atoms with Gasteiger partial charge < -0.3 is 0 Å². The van der Waals surface area contributed by atoms with Crippen LogP contribution < -0.4 is 0 Å². The van der Waals surface area contributed by atoms with Gasteiger partial charge in [0.15, 0.2) is 17.5 Å². The molecule has 9 aromatic rings. The molecule has 0 unspecified atom stereocenters. The molecule has 0 amide bonds. The fraction of sp³-hybridized carbons (Fsp3) is 0. The largest absolute Gasteiger partial charge is 0.253 e. The summed E-state index contributed by atoms with van der Waals surface area (Å²) in [6, 6.07) is 51.6. The van der Waals surface area contributed by atoms with Gasteiger partial charge in [-0.1, -0.05) is 133 Å². The maximum Gasteiger partial charge on any atom is 0.164 e. The van der Waals surface area contributed by atoms with Crippen molar-refractivity contribution in [3.8, 4) is 62.5 Å². The van der Waals surface area contributed by atoms with E-state index in [9.17, 15) is 5.26 Å². The number of benzene rings is 6. The summed E-state index contributed by atoms with van der Waals surface area (Å²) in [4.78, 5) is 24.0. The molecule has 0 atom stereocenters. The number of nitriles is 1. The van der Waals surface area contributed by atoms with Crippen LogP contribution in [-0.2, 0) is 0 Å². The first-order valence-corrected chi connectivity index (χ1v) is 16.3. The summed E-state index contributed by atoms with van der Waals surface area (Å²) < 4.78 is 0. The van der Waals surface area contributed by atoms with Gasteiger partial charge in [-0.05, 0) is 39.6 Å². The third-order valence-electron chi connectivity index (χ3n) is 9.02. The van der Waals surface area contributed by atoms with Crippen LogP contribution in [0.4, 0.5) is 0 Å². The first kappa shape index (κ1) is 29.1. The second kappa shape index (κ2) is 12.2. The number of pyridine rings is 2. The molecular weight excluding hydrogens is 613 g/mol. The highest BCUT2D eigenvalue weighted by Gasteiger charge is 2.15. The summed E-state index contributed by atoms with van der Waals surface area (Å²) in [7, 11) is 0. The zero-order chi connectivity index (χ0) is 33.4. The van der Waals surface area contributed by atoms with Crippen molar-refractivity contribution in [3.05, 3.63) is 164 Å². The zero-order valence-electron chi connectivity index (χ0n) is 26.7. The van der Waals surface area contributed by atoms with Gasteiger partial charge in [0, 0.05) is 45.4 Å². The molecule has 50 heavy (non-hydrogen) atoms. The van der Waals surface area contributed by atoms with Crippen LogP contribution in [0.1, 0.15) is 5.56 Å². The molecule has 0 radical (unpaired) electrons. The Morgan fingerprint density at radius 3 is 1.42 bits per heavy atom. The van der Waals surface area contributed by atoms with Gasteiger partial charge in [-0.25, -0.2) is 15.0 Å². The average Bonchev–Trinajstić information content (AvgIpc) is 3.20. The van der Waals surface area contributed by atoms with Crippen LogP contribution in [0.3, 0.4) is 0 Å². The van der Waals surface area contributed by atoms with Crippen LogP contribution in [0.5, 0.6) is 0 Å². The van der Waals surface area contributed by atoms with Crippen molar-refractivity contribution >= 4 is 32.6 Å². The third kappa shape index (κ3) is 5.20. The minimum absolute atomic E-state index is 0.537. The molecule has 0 aliphatic carbocycles. The Kier molecular flexibility index (Phi) is 7.07. The molecule has 6 heteroatoms. The molecule has 0 fully saturated rings. The summed E-state index contributed by atoms with van der Waals surface area (Å²) in [6.07, 6.45) is 3.52. The molecule has 6 aromatic carbocycles. The Balaban J connectivity index is 1.10. The van der Waals surface area contributed by atoms with Gasteiger partial charge in [-0.3, -0.25) is 9.97 Å². The monoisotopic (exact) mass is 638 g/mol. The Hall–Kier alpha value is -7.10.